The summed E-state index contributed by atoms with van der Waals surface area (Å²) in [6, 6.07) is 2.00. The first-order chi connectivity index (χ1) is 12.2. The zero-order valence-electron chi connectivity index (χ0n) is 14.6. The number of hydrogen-bond acceptors (Lipinski definition) is 6. The monoisotopic (exact) mass is 354 g/mol. The van der Waals surface area contributed by atoms with Crippen LogP contribution in [0.5, 0.6) is 0 Å². The van der Waals surface area contributed by atoms with Gasteiger partial charge in [-0.1, -0.05) is 0 Å². The van der Waals surface area contributed by atoms with Crippen LogP contribution < -0.4 is 0 Å². The Bertz CT molecular complexity index is 841. The molecule has 0 saturated carbocycles. The average Bonchev–Trinajstić information content (AvgIpc) is 3.26. The van der Waals surface area contributed by atoms with Crippen molar-refractivity contribution in [2.45, 2.75) is 39.2 Å². The van der Waals surface area contributed by atoms with E-state index in [9.17, 15) is 0 Å². The maximum atomic E-state index is 4.83. The van der Waals surface area contributed by atoms with Gasteiger partial charge in [0.05, 0.1) is 5.51 Å². The molecule has 4 heterocycles. The number of nitrogens with zero attached hydrogens (tertiary/aromatic N) is 5. The van der Waals surface area contributed by atoms with E-state index in [-0.39, 0.29) is 0 Å². The number of aromatic amines is 1. The molecule has 1 saturated heterocycles. The molecule has 7 heteroatoms. The Morgan fingerprint density at radius 3 is 2.96 bits per heavy atom. The second-order valence-corrected chi connectivity index (χ2v) is 7.68. The second-order valence-electron chi connectivity index (χ2n) is 6.71. The molecule has 0 bridgehead atoms. The van der Waals surface area contributed by atoms with E-state index in [1.54, 1.807) is 11.3 Å². The first kappa shape index (κ1) is 16.4. The van der Waals surface area contributed by atoms with E-state index in [1.807, 2.05) is 37.8 Å². The molecule has 1 atom stereocenters. The van der Waals surface area contributed by atoms with Crippen molar-refractivity contribution < 1.29 is 0 Å². The second kappa shape index (κ2) is 7.01. The van der Waals surface area contributed by atoms with Gasteiger partial charge in [-0.25, -0.2) is 15.0 Å². The summed E-state index contributed by atoms with van der Waals surface area (Å²) in [6.45, 7) is 7.13. The minimum Gasteiger partial charge on any atom is -0.341 e. The molecular formula is C18H22N6S. The van der Waals surface area contributed by atoms with E-state index < -0.39 is 0 Å². The highest BCUT2D eigenvalue weighted by molar-refractivity contribution is 7.09. The quantitative estimate of drug-likeness (QED) is 0.778. The van der Waals surface area contributed by atoms with Crippen LogP contribution in [0.4, 0.5) is 0 Å². The van der Waals surface area contributed by atoms with Gasteiger partial charge in [-0.15, -0.1) is 11.3 Å². The Balaban J connectivity index is 1.55. The van der Waals surface area contributed by atoms with Crippen molar-refractivity contribution >= 4 is 11.3 Å². The molecule has 25 heavy (non-hydrogen) atoms. The smallest absolute Gasteiger partial charge is 0.156 e. The summed E-state index contributed by atoms with van der Waals surface area (Å²) in [5.41, 5.74) is 4.82. The molecule has 0 aliphatic carbocycles. The molecule has 1 fully saturated rings. The summed E-state index contributed by atoms with van der Waals surface area (Å²) >= 11 is 1.72. The zero-order chi connectivity index (χ0) is 17.2. The zero-order valence-corrected chi connectivity index (χ0v) is 15.4. The molecular weight excluding hydrogens is 332 g/mol. The van der Waals surface area contributed by atoms with Crippen LogP contribution >= 0.6 is 11.3 Å². The van der Waals surface area contributed by atoms with Gasteiger partial charge in [0, 0.05) is 47.7 Å². The number of aryl methyl sites for hydroxylation is 2. The minimum atomic E-state index is 0.372. The maximum Gasteiger partial charge on any atom is 0.156 e. The van der Waals surface area contributed by atoms with Crippen molar-refractivity contribution in [3.8, 4) is 11.5 Å². The minimum absolute atomic E-state index is 0.372. The molecule has 3 aromatic heterocycles. The average molecular weight is 354 g/mol. The standard InChI is InChI=1S/C18H22N6S/c1-12-6-16(18-20-7-13(2)22-18)23-17(21-12)14-4-3-5-24(9-14)10-15-8-19-11-25-15/h6-8,11,14H,3-5,9-10H2,1-2H3,(H,20,22)/t14-/m0/s1. The number of rotatable bonds is 4. The van der Waals surface area contributed by atoms with Gasteiger partial charge < -0.3 is 4.98 Å². The van der Waals surface area contributed by atoms with E-state index in [0.717, 1.165) is 54.8 Å². The van der Waals surface area contributed by atoms with Crippen molar-refractivity contribution in [3.63, 3.8) is 0 Å². The first-order valence-electron chi connectivity index (χ1n) is 8.64. The Morgan fingerprint density at radius 2 is 2.20 bits per heavy atom. The van der Waals surface area contributed by atoms with E-state index in [4.69, 9.17) is 9.97 Å². The van der Waals surface area contributed by atoms with Gasteiger partial charge in [-0.05, 0) is 39.3 Å². The van der Waals surface area contributed by atoms with Gasteiger partial charge in [0.1, 0.15) is 11.5 Å². The van der Waals surface area contributed by atoms with Gasteiger partial charge >= 0.3 is 0 Å². The number of hydrogen-bond donors (Lipinski definition) is 1. The first-order valence-corrected chi connectivity index (χ1v) is 9.52. The highest BCUT2D eigenvalue weighted by Crippen LogP contribution is 2.27. The lowest BCUT2D eigenvalue weighted by molar-refractivity contribution is 0.198. The van der Waals surface area contributed by atoms with Crippen LogP contribution in [0.25, 0.3) is 11.5 Å². The van der Waals surface area contributed by atoms with Crippen molar-refractivity contribution in [1.82, 2.24) is 29.8 Å². The number of piperidine rings is 1. The maximum absolute atomic E-state index is 4.83. The van der Waals surface area contributed by atoms with Crippen molar-refractivity contribution in [2.24, 2.45) is 0 Å². The van der Waals surface area contributed by atoms with Crippen molar-refractivity contribution in [3.05, 3.63) is 46.1 Å². The summed E-state index contributed by atoms with van der Waals surface area (Å²) in [4.78, 5) is 25.2. The highest BCUT2D eigenvalue weighted by Gasteiger charge is 2.24. The lowest BCUT2D eigenvalue weighted by Gasteiger charge is -2.31. The van der Waals surface area contributed by atoms with Crippen molar-refractivity contribution in [2.75, 3.05) is 13.1 Å². The lowest BCUT2D eigenvalue weighted by atomic mass is 9.97. The number of H-pyrrole nitrogens is 1. The van der Waals surface area contributed by atoms with E-state index in [1.165, 1.54) is 11.3 Å². The van der Waals surface area contributed by atoms with E-state index in [0.29, 0.717) is 5.92 Å². The van der Waals surface area contributed by atoms with Gasteiger partial charge in [-0.3, -0.25) is 9.88 Å². The van der Waals surface area contributed by atoms with Gasteiger partial charge in [0.25, 0.3) is 0 Å². The third-order valence-corrected chi connectivity index (χ3v) is 5.31. The predicted octanol–water partition coefficient (Wildman–Crippen LogP) is 3.32. The van der Waals surface area contributed by atoms with Gasteiger partial charge in [0.15, 0.2) is 5.82 Å². The molecule has 0 unspecified atom stereocenters. The summed E-state index contributed by atoms with van der Waals surface area (Å²) in [6.07, 6.45) is 6.12. The van der Waals surface area contributed by atoms with Crippen LogP contribution in [0, 0.1) is 13.8 Å². The van der Waals surface area contributed by atoms with Gasteiger partial charge in [-0.2, -0.15) is 0 Å². The summed E-state index contributed by atoms with van der Waals surface area (Å²) in [5, 5.41) is 0. The van der Waals surface area contributed by atoms with Crippen LogP contribution in [0.1, 0.15) is 40.8 Å². The molecule has 1 aliphatic rings. The molecule has 3 aromatic rings. The lowest BCUT2D eigenvalue weighted by Crippen LogP contribution is -2.34. The van der Waals surface area contributed by atoms with Crippen molar-refractivity contribution in [1.29, 1.82) is 0 Å². The molecule has 1 aliphatic heterocycles. The molecule has 1 N–H and O–H groups in total. The number of thiazole rings is 1. The summed E-state index contributed by atoms with van der Waals surface area (Å²) in [7, 11) is 0. The molecule has 130 valence electrons. The van der Waals surface area contributed by atoms with Crippen LogP contribution in [0.15, 0.2) is 24.0 Å². The summed E-state index contributed by atoms with van der Waals surface area (Å²) < 4.78 is 0. The van der Waals surface area contributed by atoms with Crippen LogP contribution in [0.2, 0.25) is 0 Å². The SMILES string of the molecule is Cc1cc(-c2ncc(C)[nH]2)nc([C@H]2CCCN(Cc3cncs3)C2)n1. The van der Waals surface area contributed by atoms with Gasteiger partial charge in [0.2, 0.25) is 0 Å². The fraction of sp³-hybridized carbons (Fsp3) is 0.444. The topological polar surface area (TPSA) is 70.6 Å². The fourth-order valence-electron chi connectivity index (χ4n) is 3.39. The predicted molar refractivity (Wildman–Crippen MR) is 98.5 cm³/mol. The normalized spacial score (nSPS) is 18.6. The molecule has 0 radical (unpaired) electrons. The Labute approximate surface area is 151 Å². The Kier molecular flexibility index (Phi) is 4.59. The highest BCUT2D eigenvalue weighted by atomic mass is 32.1. The third kappa shape index (κ3) is 3.77. The molecule has 0 amide bonds. The van der Waals surface area contributed by atoms with E-state index in [2.05, 4.69) is 19.9 Å². The number of nitrogens with one attached hydrogen (secondary N) is 1. The fourth-order valence-corrected chi connectivity index (χ4v) is 4.02. The largest absolute Gasteiger partial charge is 0.341 e. The molecule has 4 rings (SSSR count). The summed E-state index contributed by atoms with van der Waals surface area (Å²) in [5.74, 6) is 2.14. The van der Waals surface area contributed by atoms with Crippen LogP contribution in [0.3, 0.4) is 0 Å². The third-order valence-electron chi connectivity index (χ3n) is 4.55. The van der Waals surface area contributed by atoms with Crippen LogP contribution in [-0.4, -0.2) is 42.9 Å². The Hall–Kier alpha value is -2.12. The Morgan fingerprint density at radius 1 is 1.28 bits per heavy atom. The van der Waals surface area contributed by atoms with E-state index >= 15 is 0 Å². The molecule has 0 aromatic carbocycles. The molecule has 0 spiro atoms. The number of aromatic nitrogens is 5. The molecule has 6 nitrogen and oxygen atoms in total. The van der Waals surface area contributed by atoms with Crippen LogP contribution in [-0.2, 0) is 6.54 Å². The number of likely N-dealkylation sites (tertiary alicyclic amines) is 1. The number of imidazole rings is 1.